The lowest BCUT2D eigenvalue weighted by Crippen LogP contribution is -2.38. The fourth-order valence-corrected chi connectivity index (χ4v) is 4.56. The van der Waals surface area contributed by atoms with E-state index in [9.17, 15) is 0 Å². The Balaban J connectivity index is 0.000000232. The maximum atomic E-state index is 4.40. The Morgan fingerprint density at radius 3 is 2.22 bits per heavy atom. The summed E-state index contributed by atoms with van der Waals surface area (Å²) < 4.78 is 0. The fourth-order valence-electron chi connectivity index (χ4n) is 4.56. The predicted octanol–water partition coefficient (Wildman–Crippen LogP) is 5.71. The highest BCUT2D eigenvalue weighted by Crippen LogP contribution is 2.30. The van der Waals surface area contributed by atoms with Gasteiger partial charge in [0, 0.05) is 24.8 Å². The smallest absolute Gasteiger partial charge is 0.115 e. The van der Waals surface area contributed by atoms with E-state index in [2.05, 4.69) is 84.7 Å². The van der Waals surface area contributed by atoms with Crippen LogP contribution in [-0.4, -0.2) is 34.3 Å². The van der Waals surface area contributed by atoms with Crippen molar-refractivity contribution in [2.24, 2.45) is 16.9 Å². The van der Waals surface area contributed by atoms with Crippen LogP contribution in [0.3, 0.4) is 0 Å². The Bertz CT molecular complexity index is 806. The minimum absolute atomic E-state index is 0. The number of aryl methyl sites for hydroxylation is 1. The fraction of sp³-hybridized carbons (Fsp3) is 0.593. The van der Waals surface area contributed by atoms with Crippen molar-refractivity contribution in [2.75, 3.05) is 6.54 Å². The number of aromatic nitrogens is 2. The van der Waals surface area contributed by atoms with Crippen LogP contribution >= 0.6 is 0 Å². The van der Waals surface area contributed by atoms with Crippen LogP contribution in [0.4, 0.5) is 0 Å². The van der Waals surface area contributed by atoms with Crippen LogP contribution in [0.5, 0.6) is 0 Å². The molecule has 4 rings (SSSR count). The molecule has 5 nitrogen and oxygen atoms in total. The standard InChI is InChI=1S/C14H14N4.C12H25N.CH4/c1-10-2-4-11(5-3-10)14-12(8-17-18-14)13-6-7-15-9-16-13;1-9(2)11-5-7-12(8-6-11)13-10(3)4;/h2-7,9,12,17H,8H2,1H3;9-13H,5-8H2,1-4H3;1H4. The molecule has 0 radical (unpaired) electrons. The molecule has 2 aliphatic rings. The number of hydrogen-bond acceptors (Lipinski definition) is 5. The third-order valence-corrected chi connectivity index (χ3v) is 6.42. The molecule has 1 saturated carbocycles. The Morgan fingerprint density at radius 2 is 1.66 bits per heavy atom. The SMILES string of the molecule is C.CC(C)NC1CCC(C(C)C)CC1.Cc1ccc(C2=NNCC2c2ccncn2)cc1. The van der Waals surface area contributed by atoms with Crippen molar-refractivity contribution in [3.8, 4) is 0 Å². The molecule has 1 unspecified atom stereocenters. The van der Waals surface area contributed by atoms with Crippen molar-refractivity contribution in [1.29, 1.82) is 0 Å². The van der Waals surface area contributed by atoms with Crippen molar-refractivity contribution in [3.63, 3.8) is 0 Å². The van der Waals surface area contributed by atoms with Crippen LogP contribution in [0, 0.1) is 18.8 Å². The van der Waals surface area contributed by atoms with Gasteiger partial charge in [0.25, 0.3) is 0 Å². The topological polar surface area (TPSA) is 62.2 Å². The van der Waals surface area contributed by atoms with E-state index in [4.69, 9.17) is 0 Å². The molecule has 0 amide bonds. The quantitative estimate of drug-likeness (QED) is 0.629. The molecule has 1 aromatic carbocycles. The van der Waals surface area contributed by atoms with Crippen molar-refractivity contribution in [1.82, 2.24) is 20.7 Å². The maximum absolute atomic E-state index is 4.40. The lowest BCUT2D eigenvalue weighted by Gasteiger charge is -2.32. The van der Waals surface area contributed by atoms with Gasteiger partial charge in [0.15, 0.2) is 0 Å². The van der Waals surface area contributed by atoms with E-state index < -0.39 is 0 Å². The summed E-state index contributed by atoms with van der Waals surface area (Å²) in [6.45, 7) is 12.1. The molecule has 2 N–H and O–H groups in total. The molecule has 2 aromatic rings. The van der Waals surface area contributed by atoms with Crippen LogP contribution in [0.1, 0.15) is 83.5 Å². The molecule has 2 heterocycles. The Labute approximate surface area is 195 Å². The van der Waals surface area contributed by atoms with Crippen LogP contribution in [-0.2, 0) is 0 Å². The van der Waals surface area contributed by atoms with Gasteiger partial charge in [-0.25, -0.2) is 9.97 Å². The molecule has 1 aliphatic heterocycles. The van der Waals surface area contributed by atoms with Gasteiger partial charge in [0.05, 0.1) is 17.3 Å². The van der Waals surface area contributed by atoms with E-state index in [1.165, 1.54) is 31.2 Å². The zero-order valence-electron chi connectivity index (χ0n) is 19.8. The normalized spacial score (nSPS) is 22.5. The van der Waals surface area contributed by atoms with Crippen molar-refractivity contribution in [2.45, 2.75) is 85.7 Å². The van der Waals surface area contributed by atoms with Crippen molar-refractivity contribution in [3.05, 3.63) is 59.7 Å². The molecule has 0 spiro atoms. The summed E-state index contributed by atoms with van der Waals surface area (Å²) in [6.07, 6.45) is 9.00. The zero-order chi connectivity index (χ0) is 22.2. The van der Waals surface area contributed by atoms with Crippen molar-refractivity contribution < 1.29 is 0 Å². The summed E-state index contributed by atoms with van der Waals surface area (Å²) in [5.74, 6) is 2.08. The Hall–Kier alpha value is -2.27. The largest absolute Gasteiger partial charge is 0.312 e. The third-order valence-electron chi connectivity index (χ3n) is 6.42. The molecule has 32 heavy (non-hydrogen) atoms. The van der Waals surface area contributed by atoms with Crippen LogP contribution < -0.4 is 10.7 Å². The van der Waals surface area contributed by atoms with Gasteiger partial charge in [-0.2, -0.15) is 5.10 Å². The lowest BCUT2D eigenvalue weighted by molar-refractivity contribution is 0.232. The molecule has 1 aliphatic carbocycles. The first kappa shape index (κ1) is 26.0. The van der Waals surface area contributed by atoms with Crippen LogP contribution in [0.2, 0.25) is 0 Å². The number of rotatable bonds is 5. The zero-order valence-corrected chi connectivity index (χ0v) is 19.8. The minimum atomic E-state index is 0. The first-order valence-corrected chi connectivity index (χ1v) is 11.8. The van der Waals surface area contributed by atoms with Crippen LogP contribution in [0.25, 0.3) is 0 Å². The van der Waals surface area contributed by atoms with E-state index >= 15 is 0 Å². The lowest BCUT2D eigenvalue weighted by atomic mass is 9.79. The minimum Gasteiger partial charge on any atom is -0.312 e. The van der Waals surface area contributed by atoms with Gasteiger partial charge in [0.2, 0.25) is 0 Å². The number of hydrazone groups is 1. The highest BCUT2D eigenvalue weighted by molar-refractivity contribution is 6.05. The summed E-state index contributed by atoms with van der Waals surface area (Å²) >= 11 is 0. The van der Waals surface area contributed by atoms with E-state index in [1.807, 2.05) is 6.07 Å². The summed E-state index contributed by atoms with van der Waals surface area (Å²) in [5, 5.41) is 8.04. The summed E-state index contributed by atoms with van der Waals surface area (Å²) in [5.41, 5.74) is 7.52. The van der Waals surface area contributed by atoms with Gasteiger partial charge in [-0.15, -0.1) is 0 Å². The maximum Gasteiger partial charge on any atom is 0.115 e. The molecule has 1 atom stereocenters. The Kier molecular flexibility index (Phi) is 10.3. The van der Waals surface area contributed by atoms with E-state index in [0.29, 0.717) is 6.04 Å². The van der Waals surface area contributed by atoms with Gasteiger partial charge >= 0.3 is 0 Å². The molecule has 5 heteroatoms. The van der Waals surface area contributed by atoms with Gasteiger partial charge < -0.3 is 10.7 Å². The second-order valence-corrected chi connectivity index (χ2v) is 9.59. The van der Waals surface area contributed by atoms with E-state index in [1.54, 1.807) is 12.5 Å². The number of nitrogens with zero attached hydrogens (tertiary/aromatic N) is 3. The molecule has 1 fully saturated rings. The summed E-state index contributed by atoms with van der Waals surface area (Å²) in [7, 11) is 0. The van der Waals surface area contributed by atoms with E-state index in [-0.39, 0.29) is 13.3 Å². The van der Waals surface area contributed by atoms with E-state index in [0.717, 1.165) is 41.4 Å². The molecule has 0 saturated heterocycles. The highest BCUT2D eigenvalue weighted by Gasteiger charge is 2.25. The molecular weight excluding hydrogens is 394 g/mol. The van der Waals surface area contributed by atoms with Crippen LogP contribution in [0.15, 0.2) is 48.0 Å². The number of nitrogens with one attached hydrogen (secondary N) is 2. The average Bonchev–Trinajstić information content (AvgIpc) is 3.25. The number of hydrogen-bond donors (Lipinski definition) is 2. The molecular formula is C27H43N5. The van der Waals surface area contributed by atoms with Gasteiger partial charge in [0.1, 0.15) is 6.33 Å². The first-order chi connectivity index (χ1) is 14.9. The average molecular weight is 438 g/mol. The molecule has 1 aromatic heterocycles. The van der Waals surface area contributed by atoms with Gasteiger partial charge in [-0.1, -0.05) is 65.0 Å². The highest BCUT2D eigenvalue weighted by atomic mass is 15.3. The first-order valence-electron chi connectivity index (χ1n) is 11.8. The Morgan fingerprint density at radius 1 is 0.969 bits per heavy atom. The molecule has 0 bridgehead atoms. The second kappa shape index (κ2) is 12.7. The molecule has 176 valence electrons. The summed E-state index contributed by atoms with van der Waals surface area (Å²) in [6, 6.07) is 11.8. The summed E-state index contributed by atoms with van der Waals surface area (Å²) in [4.78, 5) is 8.28. The monoisotopic (exact) mass is 437 g/mol. The second-order valence-electron chi connectivity index (χ2n) is 9.59. The third kappa shape index (κ3) is 7.40. The van der Waals surface area contributed by atoms with Gasteiger partial charge in [-0.05, 0) is 56.1 Å². The van der Waals surface area contributed by atoms with Crippen molar-refractivity contribution >= 4 is 5.71 Å². The predicted molar refractivity (Wildman–Crippen MR) is 136 cm³/mol. The van der Waals surface area contributed by atoms with Gasteiger partial charge in [-0.3, -0.25) is 0 Å². The number of benzene rings is 1.